The van der Waals surface area contributed by atoms with Gasteiger partial charge >= 0.3 is 0 Å². The number of hydrogen-bond donors (Lipinski definition) is 1. The van der Waals surface area contributed by atoms with Crippen molar-refractivity contribution in [3.05, 3.63) is 76.1 Å². The lowest BCUT2D eigenvalue weighted by Gasteiger charge is -2.30. The van der Waals surface area contributed by atoms with Gasteiger partial charge in [-0.25, -0.2) is 4.58 Å². The largest absolute Gasteiger partial charge is 0.759 e. The van der Waals surface area contributed by atoms with E-state index in [1.165, 1.54) is 43.2 Å². The fourth-order valence-corrected chi connectivity index (χ4v) is 5.81. The molecule has 5 rings (SSSR count). The Morgan fingerprint density at radius 3 is 2.40 bits per heavy atom. The first-order valence-corrected chi connectivity index (χ1v) is 13.2. The number of hydrogen-bond acceptors (Lipinski definition) is 5. The predicted molar refractivity (Wildman–Crippen MR) is 135 cm³/mol. The minimum absolute atomic E-state index is 0.0500. The van der Waals surface area contributed by atoms with Gasteiger partial charge in [-0.3, -0.25) is 8.42 Å². The third kappa shape index (κ3) is 4.84. The summed E-state index contributed by atoms with van der Waals surface area (Å²) in [5, 5.41) is 17.6. The zero-order chi connectivity index (χ0) is 25.5. The van der Waals surface area contributed by atoms with Crippen LogP contribution in [0.15, 0.2) is 54.6 Å². The van der Waals surface area contributed by atoms with E-state index in [0.29, 0.717) is 12.5 Å². The lowest BCUT2D eigenvalue weighted by molar-refractivity contribution is 0.213. The monoisotopic (exact) mass is 495 g/mol. The van der Waals surface area contributed by atoms with E-state index in [1.807, 2.05) is 0 Å². The van der Waals surface area contributed by atoms with Gasteiger partial charge in [-0.15, -0.1) is 0 Å². The van der Waals surface area contributed by atoms with Crippen molar-refractivity contribution in [3.63, 3.8) is 0 Å². The number of benzene rings is 3. The highest BCUT2D eigenvalue weighted by atomic mass is 32.3. The van der Waals surface area contributed by atoms with Gasteiger partial charge in [-0.05, 0) is 55.5 Å². The molecule has 0 saturated heterocycles. The number of aryl methyl sites for hydroxylation is 1. The molecule has 1 aliphatic heterocycles. The SMILES string of the molecule is CCn1c(=c2ccc3c(c2)C(C)CC(C)(C)[N+]=3CCO)c2cccc3cccc1c32.O=S(=O)([O-])[O-]. The van der Waals surface area contributed by atoms with Crippen LogP contribution in [-0.2, 0) is 16.9 Å². The van der Waals surface area contributed by atoms with Crippen molar-refractivity contribution >= 4 is 32.1 Å². The van der Waals surface area contributed by atoms with Crippen LogP contribution in [0.1, 0.15) is 45.6 Å². The van der Waals surface area contributed by atoms with Crippen molar-refractivity contribution < 1.29 is 22.6 Å². The molecule has 7 nitrogen and oxygen atoms in total. The number of nitrogens with zero attached hydrogens (tertiary/aromatic N) is 2. The third-order valence-corrected chi connectivity index (χ3v) is 7.00. The summed E-state index contributed by atoms with van der Waals surface area (Å²) in [7, 11) is -5.17. The number of fused-ring (bicyclic) bond motifs is 1. The summed E-state index contributed by atoms with van der Waals surface area (Å²) in [6, 6.07) is 20.2. The van der Waals surface area contributed by atoms with Crippen molar-refractivity contribution in [1.82, 2.24) is 9.14 Å². The van der Waals surface area contributed by atoms with Gasteiger partial charge in [0.15, 0.2) is 12.1 Å². The van der Waals surface area contributed by atoms with E-state index in [4.69, 9.17) is 17.5 Å². The summed E-state index contributed by atoms with van der Waals surface area (Å²) >= 11 is 0. The molecule has 0 saturated carbocycles. The van der Waals surface area contributed by atoms with Gasteiger partial charge in [0.1, 0.15) is 6.61 Å². The van der Waals surface area contributed by atoms with Gasteiger partial charge in [0, 0.05) is 51.3 Å². The molecule has 1 unspecified atom stereocenters. The predicted octanol–water partition coefficient (Wildman–Crippen LogP) is 3.25. The summed E-state index contributed by atoms with van der Waals surface area (Å²) in [6.45, 7) is 10.9. The van der Waals surface area contributed by atoms with Crippen LogP contribution >= 0.6 is 0 Å². The molecular weight excluding hydrogens is 464 g/mol. The maximum atomic E-state index is 9.67. The van der Waals surface area contributed by atoms with E-state index >= 15 is 0 Å². The second-order valence-electron chi connectivity index (χ2n) is 9.75. The number of aliphatic hydroxyl groups excluding tert-OH is 1. The average Bonchev–Trinajstić information content (AvgIpc) is 3.10. The zero-order valence-electron chi connectivity index (χ0n) is 20.5. The van der Waals surface area contributed by atoms with Crippen molar-refractivity contribution in [2.24, 2.45) is 0 Å². The van der Waals surface area contributed by atoms with Gasteiger partial charge in [0.2, 0.25) is 5.36 Å². The molecule has 2 heterocycles. The lowest BCUT2D eigenvalue weighted by Crippen LogP contribution is -2.53. The van der Waals surface area contributed by atoms with E-state index in [0.717, 1.165) is 13.0 Å². The second-order valence-corrected chi connectivity index (χ2v) is 10.6. The van der Waals surface area contributed by atoms with Gasteiger partial charge in [-0.2, -0.15) is 0 Å². The molecule has 1 aromatic heterocycles. The molecule has 0 aliphatic carbocycles. The van der Waals surface area contributed by atoms with Gasteiger partial charge in [0.05, 0.1) is 5.35 Å². The van der Waals surface area contributed by atoms with Crippen molar-refractivity contribution in [2.45, 2.75) is 52.1 Å². The summed E-state index contributed by atoms with van der Waals surface area (Å²) in [4.78, 5) is 0. The molecule has 0 bridgehead atoms. The van der Waals surface area contributed by atoms with E-state index < -0.39 is 10.4 Å². The maximum Gasteiger partial charge on any atom is 0.203 e. The second kappa shape index (κ2) is 9.35. The third-order valence-electron chi connectivity index (χ3n) is 7.00. The van der Waals surface area contributed by atoms with Gasteiger partial charge < -0.3 is 18.8 Å². The van der Waals surface area contributed by atoms with Crippen LogP contribution in [0.4, 0.5) is 0 Å². The lowest BCUT2D eigenvalue weighted by atomic mass is 9.82. The van der Waals surface area contributed by atoms with Crippen LogP contribution in [0.5, 0.6) is 0 Å². The van der Waals surface area contributed by atoms with E-state index in [2.05, 4.69) is 91.4 Å². The van der Waals surface area contributed by atoms with Crippen LogP contribution < -0.4 is 9.93 Å². The van der Waals surface area contributed by atoms with Crippen molar-refractivity contribution in [2.75, 3.05) is 13.2 Å². The summed E-state index contributed by atoms with van der Waals surface area (Å²) in [5.41, 5.74) is 2.76. The summed E-state index contributed by atoms with van der Waals surface area (Å²) in [5.74, 6) is 0.486. The first kappa shape index (κ1) is 25.3. The molecule has 8 heteroatoms. The van der Waals surface area contributed by atoms with Gasteiger partial charge in [0.25, 0.3) is 0 Å². The molecule has 0 spiro atoms. The Bertz CT molecular complexity index is 1640. The molecule has 0 fully saturated rings. The molecule has 1 N–H and O–H groups in total. The van der Waals surface area contributed by atoms with Crippen molar-refractivity contribution in [3.8, 4) is 0 Å². The summed E-state index contributed by atoms with van der Waals surface area (Å²) < 4.78 is 38.9. The Balaban J connectivity index is 0.000000527. The number of aromatic nitrogens is 1. The first-order chi connectivity index (χ1) is 16.5. The smallest absolute Gasteiger partial charge is 0.203 e. The Hall–Kier alpha value is -2.78. The molecule has 1 atom stereocenters. The van der Waals surface area contributed by atoms with Crippen LogP contribution in [0.3, 0.4) is 0 Å². The standard InChI is InChI=1S/C27H31N2O.H2O4S/c1-5-28-24-11-7-9-19-8-6-10-21(25(19)24)26(28)20-12-13-23-22(16-20)18(2)17-27(3,4)29(23)14-15-30;1-5(2,3)4/h6-13,16,18,30H,5,14-15,17H2,1-4H3;(H2,1,2,3,4)/q+1;/p-2. The maximum absolute atomic E-state index is 9.67. The molecular formula is C27H31N2O5S-. The normalized spacial score (nSPS) is 18.4. The average molecular weight is 496 g/mol. The molecule has 0 radical (unpaired) electrons. The molecule has 35 heavy (non-hydrogen) atoms. The molecule has 4 aromatic rings. The fourth-order valence-electron chi connectivity index (χ4n) is 5.81. The van der Waals surface area contributed by atoms with Crippen LogP contribution in [0, 0.1) is 10.6 Å². The van der Waals surface area contributed by atoms with Gasteiger partial charge in [-0.1, -0.05) is 37.3 Å². The minimum atomic E-state index is -5.17. The Morgan fingerprint density at radius 2 is 1.77 bits per heavy atom. The highest BCUT2D eigenvalue weighted by Gasteiger charge is 2.38. The Labute approximate surface area is 205 Å². The summed E-state index contributed by atoms with van der Waals surface area (Å²) in [6.07, 6.45) is 1.09. The van der Waals surface area contributed by atoms with Crippen molar-refractivity contribution in [1.29, 1.82) is 0 Å². The highest BCUT2D eigenvalue weighted by molar-refractivity contribution is 7.79. The van der Waals surface area contributed by atoms with E-state index in [1.54, 1.807) is 0 Å². The van der Waals surface area contributed by atoms with E-state index in [-0.39, 0.29) is 12.1 Å². The molecule has 0 amide bonds. The van der Waals surface area contributed by atoms with Crippen LogP contribution in [-0.4, -0.2) is 45.9 Å². The zero-order valence-corrected chi connectivity index (χ0v) is 21.3. The first-order valence-electron chi connectivity index (χ1n) is 11.8. The number of rotatable bonds is 3. The Kier molecular flexibility index (Phi) is 6.76. The van der Waals surface area contributed by atoms with E-state index in [9.17, 15) is 5.11 Å². The quantitative estimate of drug-likeness (QED) is 0.267. The van der Waals surface area contributed by atoms with Crippen LogP contribution in [0.25, 0.3) is 21.7 Å². The molecule has 3 aromatic carbocycles. The number of aliphatic hydroxyl groups is 1. The Morgan fingerprint density at radius 1 is 1.11 bits per heavy atom. The minimum Gasteiger partial charge on any atom is -0.759 e. The molecule has 1 aliphatic rings. The van der Waals surface area contributed by atoms with Crippen LogP contribution in [0.2, 0.25) is 0 Å². The number of β-amino-alcohol motifs (C(OH)–C–C–N with tert-alkyl or cyclic N) is 1. The fraction of sp³-hybridized carbons (Fsp3) is 0.370. The topological polar surface area (TPSA) is 108 Å². The molecule has 186 valence electrons. The highest BCUT2D eigenvalue weighted by Crippen LogP contribution is 2.32.